The Labute approximate surface area is 116 Å². The van der Waals surface area contributed by atoms with Gasteiger partial charge in [-0.15, -0.1) is 0 Å². The molecule has 1 atom stereocenters. The molecular formula is C16H24N2O. The van der Waals surface area contributed by atoms with E-state index in [1.165, 1.54) is 25.7 Å². The number of hydrogen-bond donors (Lipinski definition) is 1. The molecule has 1 N–H and O–H groups in total. The fourth-order valence-electron chi connectivity index (χ4n) is 2.61. The van der Waals surface area contributed by atoms with Gasteiger partial charge in [-0.1, -0.05) is 43.2 Å². The summed E-state index contributed by atoms with van der Waals surface area (Å²) in [6, 6.07) is 10.2. The summed E-state index contributed by atoms with van der Waals surface area (Å²) < 4.78 is 0. The predicted octanol–water partition coefficient (Wildman–Crippen LogP) is 2.74. The lowest BCUT2D eigenvalue weighted by Gasteiger charge is -2.21. The lowest BCUT2D eigenvalue weighted by Crippen LogP contribution is -2.38. The van der Waals surface area contributed by atoms with Crippen molar-refractivity contribution in [3.8, 4) is 0 Å². The monoisotopic (exact) mass is 260 g/mol. The van der Waals surface area contributed by atoms with Crippen molar-refractivity contribution in [2.45, 2.75) is 38.6 Å². The van der Waals surface area contributed by atoms with Gasteiger partial charge in [0.1, 0.15) is 0 Å². The number of rotatable bonds is 4. The number of nitrogens with zero attached hydrogens (tertiary/aromatic N) is 1. The Balaban J connectivity index is 1.80. The molecule has 0 bridgehead atoms. The fraction of sp³-hybridized carbons (Fsp3) is 0.562. The van der Waals surface area contributed by atoms with Crippen LogP contribution in [0.2, 0.25) is 0 Å². The largest absolute Gasteiger partial charge is 0.348 e. The zero-order valence-electron chi connectivity index (χ0n) is 11.8. The van der Waals surface area contributed by atoms with Crippen LogP contribution in [0.4, 0.5) is 0 Å². The van der Waals surface area contributed by atoms with E-state index in [0.717, 1.165) is 18.7 Å². The van der Waals surface area contributed by atoms with Gasteiger partial charge in [0.05, 0.1) is 12.6 Å². The molecule has 1 aliphatic rings. The Morgan fingerprint density at radius 2 is 1.79 bits per heavy atom. The highest BCUT2D eigenvalue weighted by atomic mass is 16.2. The maximum Gasteiger partial charge on any atom is 0.234 e. The van der Waals surface area contributed by atoms with Crippen LogP contribution in [0.5, 0.6) is 0 Å². The van der Waals surface area contributed by atoms with Gasteiger partial charge in [0.2, 0.25) is 5.91 Å². The maximum atomic E-state index is 12.1. The number of amides is 1. The number of benzene rings is 1. The number of hydrogen-bond acceptors (Lipinski definition) is 2. The standard InChI is InChI=1S/C16H24N2O/c1-14(15-9-5-4-6-10-15)17-16(19)13-18-11-7-2-3-8-12-18/h4-6,9-10,14H,2-3,7-8,11-13H2,1H3,(H,17,19)/t14-/m1/s1. The Bertz CT molecular complexity index is 383. The molecule has 1 amide bonds. The van der Waals surface area contributed by atoms with Crippen molar-refractivity contribution in [1.82, 2.24) is 10.2 Å². The Hall–Kier alpha value is -1.35. The lowest BCUT2D eigenvalue weighted by atomic mass is 10.1. The Morgan fingerprint density at radius 3 is 2.42 bits per heavy atom. The van der Waals surface area contributed by atoms with Crippen molar-refractivity contribution < 1.29 is 4.79 Å². The summed E-state index contributed by atoms with van der Waals surface area (Å²) in [5.41, 5.74) is 1.16. The van der Waals surface area contributed by atoms with Gasteiger partial charge < -0.3 is 5.32 Å². The molecule has 1 aromatic carbocycles. The molecule has 0 saturated carbocycles. The van der Waals surface area contributed by atoms with E-state index < -0.39 is 0 Å². The molecule has 104 valence electrons. The first-order valence-electron chi connectivity index (χ1n) is 7.32. The zero-order valence-corrected chi connectivity index (χ0v) is 11.8. The van der Waals surface area contributed by atoms with Crippen LogP contribution in [-0.4, -0.2) is 30.4 Å². The van der Waals surface area contributed by atoms with E-state index in [9.17, 15) is 4.79 Å². The molecule has 0 aromatic heterocycles. The van der Waals surface area contributed by atoms with Gasteiger partial charge in [-0.3, -0.25) is 9.69 Å². The zero-order chi connectivity index (χ0) is 13.5. The van der Waals surface area contributed by atoms with Crippen molar-refractivity contribution in [2.24, 2.45) is 0 Å². The van der Waals surface area contributed by atoms with Crippen molar-refractivity contribution in [2.75, 3.05) is 19.6 Å². The lowest BCUT2D eigenvalue weighted by molar-refractivity contribution is -0.122. The Morgan fingerprint density at radius 1 is 1.16 bits per heavy atom. The minimum Gasteiger partial charge on any atom is -0.348 e. The van der Waals surface area contributed by atoms with Gasteiger partial charge in [-0.05, 0) is 38.4 Å². The maximum absolute atomic E-state index is 12.1. The molecule has 1 saturated heterocycles. The second-order valence-corrected chi connectivity index (χ2v) is 5.39. The molecule has 0 radical (unpaired) electrons. The fourth-order valence-corrected chi connectivity index (χ4v) is 2.61. The van der Waals surface area contributed by atoms with Crippen molar-refractivity contribution >= 4 is 5.91 Å². The summed E-state index contributed by atoms with van der Waals surface area (Å²) in [6.07, 6.45) is 5.06. The van der Waals surface area contributed by atoms with Crippen molar-refractivity contribution in [3.63, 3.8) is 0 Å². The number of likely N-dealkylation sites (tertiary alicyclic amines) is 1. The SMILES string of the molecule is C[C@@H](NC(=O)CN1CCCCCC1)c1ccccc1. The molecule has 3 nitrogen and oxygen atoms in total. The summed E-state index contributed by atoms with van der Waals surface area (Å²) in [5.74, 6) is 0.137. The first-order chi connectivity index (χ1) is 9.25. The highest BCUT2D eigenvalue weighted by Gasteiger charge is 2.14. The summed E-state index contributed by atoms with van der Waals surface area (Å²) >= 11 is 0. The average Bonchev–Trinajstić information content (AvgIpc) is 2.68. The van der Waals surface area contributed by atoms with Gasteiger partial charge >= 0.3 is 0 Å². The van der Waals surface area contributed by atoms with Gasteiger partial charge in [0, 0.05) is 0 Å². The molecule has 1 fully saturated rings. The minimum absolute atomic E-state index is 0.0840. The number of carbonyl (C=O) groups excluding carboxylic acids is 1. The van der Waals surface area contributed by atoms with E-state index in [2.05, 4.69) is 22.3 Å². The quantitative estimate of drug-likeness (QED) is 0.903. The molecule has 1 aliphatic heterocycles. The van der Waals surface area contributed by atoms with E-state index in [0.29, 0.717) is 6.54 Å². The molecule has 1 aromatic rings. The van der Waals surface area contributed by atoms with Crippen LogP contribution in [-0.2, 0) is 4.79 Å². The third kappa shape index (κ3) is 4.67. The van der Waals surface area contributed by atoms with E-state index in [4.69, 9.17) is 0 Å². The predicted molar refractivity (Wildman–Crippen MR) is 77.9 cm³/mol. The van der Waals surface area contributed by atoms with Crippen LogP contribution in [0.1, 0.15) is 44.2 Å². The molecule has 19 heavy (non-hydrogen) atoms. The van der Waals surface area contributed by atoms with Gasteiger partial charge in [-0.2, -0.15) is 0 Å². The second-order valence-electron chi connectivity index (χ2n) is 5.39. The highest BCUT2D eigenvalue weighted by Crippen LogP contribution is 2.12. The first kappa shape index (κ1) is 14.1. The van der Waals surface area contributed by atoms with Crippen LogP contribution in [0, 0.1) is 0 Å². The smallest absolute Gasteiger partial charge is 0.234 e. The topological polar surface area (TPSA) is 32.3 Å². The summed E-state index contributed by atoms with van der Waals surface area (Å²) in [6.45, 7) is 4.70. The highest BCUT2D eigenvalue weighted by molar-refractivity contribution is 5.78. The summed E-state index contributed by atoms with van der Waals surface area (Å²) in [7, 11) is 0. The van der Waals surface area contributed by atoms with Gasteiger partial charge in [0.15, 0.2) is 0 Å². The molecule has 2 rings (SSSR count). The van der Waals surface area contributed by atoms with Crippen LogP contribution >= 0.6 is 0 Å². The average molecular weight is 260 g/mol. The molecule has 3 heteroatoms. The van der Waals surface area contributed by atoms with Crippen molar-refractivity contribution in [3.05, 3.63) is 35.9 Å². The van der Waals surface area contributed by atoms with Gasteiger partial charge in [0.25, 0.3) is 0 Å². The van der Waals surface area contributed by atoms with Crippen molar-refractivity contribution in [1.29, 1.82) is 0 Å². The molecule has 1 heterocycles. The summed E-state index contributed by atoms with van der Waals surface area (Å²) in [4.78, 5) is 14.3. The Kier molecular flexibility index (Phi) is 5.40. The molecule has 0 aliphatic carbocycles. The van der Waals surface area contributed by atoms with Crippen LogP contribution in [0.25, 0.3) is 0 Å². The molecule has 0 spiro atoms. The van der Waals surface area contributed by atoms with Crippen LogP contribution in [0.3, 0.4) is 0 Å². The van der Waals surface area contributed by atoms with E-state index in [1.807, 2.05) is 25.1 Å². The van der Waals surface area contributed by atoms with E-state index >= 15 is 0 Å². The third-order valence-electron chi connectivity index (χ3n) is 3.74. The van der Waals surface area contributed by atoms with Gasteiger partial charge in [-0.25, -0.2) is 0 Å². The number of nitrogens with one attached hydrogen (secondary N) is 1. The minimum atomic E-state index is 0.0840. The normalized spacial score (nSPS) is 18.6. The van der Waals surface area contributed by atoms with E-state index in [-0.39, 0.29) is 11.9 Å². The number of carbonyl (C=O) groups is 1. The van der Waals surface area contributed by atoms with Crippen LogP contribution < -0.4 is 5.32 Å². The van der Waals surface area contributed by atoms with Crippen LogP contribution in [0.15, 0.2) is 30.3 Å². The molecular weight excluding hydrogens is 236 g/mol. The summed E-state index contributed by atoms with van der Waals surface area (Å²) in [5, 5.41) is 3.08. The van der Waals surface area contributed by atoms with E-state index in [1.54, 1.807) is 0 Å². The molecule has 0 unspecified atom stereocenters. The first-order valence-corrected chi connectivity index (χ1v) is 7.32. The third-order valence-corrected chi connectivity index (χ3v) is 3.74. The second kappa shape index (κ2) is 7.29.